The van der Waals surface area contributed by atoms with Crippen LogP contribution < -0.4 is 14.8 Å². The Balaban J connectivity index is 1.71. The molecule has 3 rings (SSSR count). The number of hydrogen-bond donors (Lipinski definition) is 3. The highest BCUT2D eigenvalue weighted by Crippen LogP contribution is 2.21. The van der Waals surface area contributed by atoms with Gasteiger partial charge in [0.2, 0.25) is 0 Å². The maximum atomic E-state index is 12.5. The van der Waals surface area contributed by atoms with E-state index in [2.05, 4.69) is 15.0 Å². The number of pyridine rings is 1. The minimum Gasteiger partial charge on any atom is -0.504 e. The molecule has 3 aromatic rings. The number of anilines is 2. The Hall–Kier alpha value is -3.59. The van der Waals surface area contributed by atoms with E-state index in [1.807, 2.05) is 6.92 Å². The van der Waals surface area contributed by atoms with E-state index >= 15 is 0 Å². The SMILES string of the molecule is CCOc1ccc(NS(=O)(=O)c2ccc(C(=O)Nc3ncccc3O)cc2)cc1. The molecule has 0 unspecified atom stereocenters. The lowest BCUT2D eigenvalue weighted by Crippen LogP contribution is -2.15. The summed E-state index contributed by atoms with van der Waals surface area (Å²) in [6.07, 6.45) is 1.43. The summed E-state index contributed by atoms with van der Waals surface area (Å²) in [6, 6.07) is 14.9. The van der Waals surface area contributed by atoms with Gasteiger partial charge in [-0.15, -0.1) is 0 Å². The number of nitrogens with zero attached hydrogens (tertiary/aromatic N) is 1. The Morgan fingerprint density at radius 1 is 1.07 bits per heavy atom. The van der Waals surface area contributed by atoms with Gasteiger partial charge in [0.1, 0.15) is 5.75 Å². The highest BCUT2D eigenvalue weighted by molar-refractivity contribution is 7.92. The molecule has 3 N–H and O–H groups in total. The number of carbonyl (C=O) groups excluding carboxylic acids is 1. The van der Waals surface area contributed by atoms with E-state index in [-0.39, 0.29) is 22.0 Å². The fourth-order valence-electron chi connectivity index (χ4n) is 2.46. The minimum atomic E-state index is -3.82. The number of aromatic hydroxyl groups is 1. The zero-order valence-corrected chi connectivity index (χ0v) is 16.3. The molecule has 1 heterocycles. The molecule has 0 aliphatic heterocycles. The second-order valence-corrected chi connectivity index (χ2v) is 7.59. The molecular formula is C20H19N3O5S. The number of nitrogens with one attached hydrogen (secondary N) is 2. The molecule has 0 atom stereocenters. The van der Waals surface area contributed by atoms with Crippen molar-refractivity contribution in [2.45, 2.75) is 11.8 Å². The van der Waals surface area contributed by atoms with Crippen LogP contribution in [0.2, 0.25) is 0 Å². The molecule has 0 fully saturated rings. The van der Waals surface area contributed by atoms with E-state index in [9.17, 15) is 18.3 Å². The predicted octanol–water partition coefficient (Wildman–Crippen LogP) is 3.24. The molecule has 2 aromatic carbocycles. The summed E-state index contributed by atoms with van der Waals surface area (Å²) in [6.45, 7) is 2.38. The summed E-state index contributed by atoms with van der Waals surface area (Å²) < 4.78 is 32.9. The lowest BCUT2D eigenvalue weighted by atomic mass is 10.2. The lowest BCUT2D eigenvalue weighted by Gasteiger charge is -2.10. The highest BCUT2D eigenvalue weighted by Gasteiger charge is 2.16. The van der Waals surface area contributed by atoms with Crippen molar-refractivity contribution < 1.29 is 23.1 Å². The number of amides is 1. The second-order valence-electron chi connectivity index (χ2n) is 5.91. The minimum absolute atomic E-state index is 0.00335. The maximum Gasteiger partial charge on any atom is 0.261 e. The van der Waals surface area contributed by atoms with Crippen molar-refractivity contribution in [1.29, 1.82) is 0 Å². The third-order valence-electron chi connectivity index (χ3n) is 3.86. The summed E-state index contributed by atoms with van der Waals surface area (Å²) in [5.74, 6) is -0.0295. The van der Waals surface area contributed by atoms with Crippen LogP contribution in [0.25, 0.3) is 0 Å². The van der Waals surface area contributed by atoms with Crippen molar-refractivity contribution >= 4 is 27.4 Å². The molecule has 0 aliphatic carbocycles. The van der Waals surface area contributed by atoms with Crippen LogP contribution in [0, 0.1) is 0 Å². The monoisotopic (exact) mass is 413 g/mol. The van der Waals surface area contributed by atoms with E-state index in [1.54, 1.807) is 24.3 Å². The molecule has 1 amide bonds. The Kier molecular flexibility index (Phi) is 5.99. The summed E-state index contributed by atoms with van der Waals surface area (Å²) in [4.78, 5) is 16.1. The molecule has 0 saturated heterocycles. The largest absolute Gasteiger partial charge is 0.504 e. The van der Waals surface area contributed by atoms with Crippen molar-refractivity contribution in [3.05, 3.63) is 72.4 Å². The number of benzene rings is 2. The van der Waals surface area contributed by atoms with Gasteiger partial charge in [0, 0.05) is 17.4 Å². The topological polar surface area (TPSA) is 118 Å². The fourth-order valence-corrected chi connectivity index (χ4v) is 3.52. The molecule has 0 saturated carbocycles. The van der Waals surface area contributed by atoms with Gasteiger partial charge >= 0.3 is 0 Å². The van der Waals surface area contributed by atoms with Crippen LogP contribution >= 0.6 is 0 Å². The Labute approximate surface area is 168 Å². The fraction of sp³-hybridized carbons (Fsp3) is 0.100. The van der Waals surface area contributed by atoms with Crippen LogP contribution in [0.1, 0.15) is 17.3 Å². The lowest BCUT2D eigenvalue weighted by molar-refractivity contribution is 0.102. The smallest absolute Gasteiger partial charge is 0.261 e. The summed E-state index contributed by atoms with van der Waals surface area (Å²) in [7, 11) is -3.82. The first-order valence-electron chi connectivity index (χ1n) is 8.70. The van der Waals surface area contributed by atoms with Crippen LogP contribution in [0.15, 0.2) is 71.8 Å². The molecule has 8 nitrogen and oxygen atoms in total. The molecule has 0 spiro atoms. The van der Waals surface area contributed by atoms with Gasteiger partial charge in [0.05, 0.1) is 11.5 Å². The van der Waals surface area contributed by atoms with Gasteiger partial charge in [0.15, 0.2) is 11.6 Å². The van der Waals surface area contributed by atoms with E-state index in [0.29, 0.717) is 18.0 Å². The summed E-state index contributed by atoms with van der Waals surface area (Å²) in [5.41, 5.74) is 0.607. The first-order chi connectivity index (χ1) is 13.9. The molecular weight excluding hydrogens is 394 g/mol. The first-order valence-corrected chi connectivity index (χ1v) is 10.2. The first kappa shape index (κ1) is 20.2. The zero-order valence-electron chi connectivity index (χ0n) is 15.5. The maximum absolute atomic E-state index is 12.5. The molecule has 0 aliphatic rings. The van der Waals surface area contributed by atoms with Gasteiger partial charge in [0.25, 0.3) is 15.9 Å². The van der Waals surface area contributed by atoms with Gasteiger partial charge in [-0.05, 0) is 67.6 Å². The number of rotatable bonds is 7. The molecule has 150 valence electrons. The van der Waals surface area contributed by atoms with Gasteiger partial charge in [-0.2, -0.15) is 0 Å². The Morgan fingerprint density at radius 2 is 1.76 bits per heavy atom. The van der Waals surface area contributed by atoms with Gasteiger partial charge < -0.3 is 15.2 Å². The number of ether oxygens (including phenoxy) is 1. The Morgan fingerprint density at radius 3 is 2.38 bits per heavy atom. The highest BCUT2D eigenvalue weighted by atomic mass is 32.2. The third kappa shape index (κ3) is 5.02. The average Bonchev–Trinajstić information content (AvgIpc) is 2.71. The number of hydrogen-bond acceptors (Lipinski definition) is 6. The normalized spacial score (nSPS) is 10.9. The van der Waals surface area contributed by atoms with Crippen molar-refractivity contribution in [2.24, 2.45) is 0 Å². The van der Waals surface area contributed by atoms with Crippen LogP contribution in [-0.2, 0) is 10.0 Å². The van der Waals surface area contributed by atoms with Crippen LogP contribution in [0.5, 0.6) is 11.5 Å². The van der Waals surface area contributed by atoms with Crippen molar-refractivity contribution in [1.82, 2.24) is 4.98 Å². The second kappa shape index (κ2) is 8.61. The molecule has 29 heavy (non-hydrogen) atoms. The number of carbonyl (C=O) groups is 1. The number of aromatic nitrogens is 1. The predicted molar refractivity (Wildman–Crippen MR) is 109 cm³/mol. The van der Waals surface area contributed by atoms with Gasteiger partial charge in [-0.1, -0.05) is 0 Å². The molecule has 0 bridgehead atoms. The Bertz CT molecular complexity index is 1100. The third-order valence-corrected chi connectivity index (χ3v) is 5.26. The average molecular weight is 413 g/mol. The number of sulfonamides is 1. The van der Waals surface area contributed by atoms with Crippen molar-refractivity contribution in [3.8, 4) is 11.5 Å². The van der Waals surface area contributed by atoms with E-state index in [4.69, 9.17) is 4.74 Å². The van der Waals surface area contributed by atoms with E-state index < -0.39 is 15.9 Å². The van der Waals surface area contributed by atoms with Gasteiger partial charge in [-0.25, -0.2) is 13.4 Å². The quantitative estimate of drug-likeness (QED) is 0.547. The van der Waals surface area contributed by atoms with Crippen LogP contribution in [-0.4, -0.2) is 31.0 Å². The standard InChI is InChI=1S/C20H19N3O5S/c1-2-28-16-9-7-15(8-10-16)23-29(26,27)17-11-5-14(6-12-17)20(25)22-19-18(24)4-3-13-21-19/h3-13,23-24H,2H2,1H3,(H,21,22,25). The summed E-state index contributed by atoms with van der Waals surface area (Å²) >= 11 is 0. The van der Waals surface area contributed by atoms with E-state index in [1.165, 1.54) is 42.6 Å². The van der Waals surface area contributed by atoms with Crippen LogP contribution in [0.3, 0.4) is 0 Å². The van der Waals surface area contributed by atoms with Crippen LogP contribution in [0.4, 0.5) is 11.5 Å². The molecule has 9 heteroatoms. The van der Waals surface area contributed by atoms with E-state index in [0.717, 1.165) is 0 Å². The molecule has 1 aromatic heterocycles. The molecule has 0 radical (unpaired) electrons. The van der Waals surface area contributed by atoms with Crippen molar-refractivity contribution in [3.63, 3.8) is 0 Å². The summed E-state index contributed by atoms with van der Waals surface area (Å²) in [5, 5.41) is 12.1. The van der Waals surface area contributed by atoms with Gasteiger partial charge in [-0.3, -0.25) is 9.52 Å². The zero-order chi connectivity index (χ0) is 20.9. The van der Waals surface area contributed by atoms with Crippen molar-refractivity contribution in [2.75, 3.05) is 16.6 Å².